The van der Waals surface area contributed by atoms with E-state index in [-0.39, 0.29) is 5.41 Å². The highest BCUT2D eigenvalue weighted by atomic mass is 35.5. The lowest BCUT2D eigenvalue weighted by atomic mass is 9.74. The first-order chi connectivity index (χ1) is 17.5. The molecule has 4 heterocycles. The fourth-order valence-corrected chi connectivity index (χ4v) is 6.04. The third-order valence-electron chi connectivity index (χ3n) is 7.81. The van der Waals surface area contributed by atoms with Gasteiger partial charge in [0.25, 0.3) is 0 Å². The van der Waals surface area contributed by atoms with E-state index in [4.69, 9.17) is 38.5 Å². The molecule has 3 aliphatic heterocycles. The summed E-state index contributed by atoms with van der Waals surface area (Å²) in [6.45, 7) is 8.62. The average molecular weight is 529 g/mol. The highest BCUT2D eigenvalue weighted by Crippen LogP contribution is 2.35. The van der Waals surface area contributed by atoms with Crippen LogP contribution in [0.15, 0.2) is 30.3 Å². The summed E-state index contributed by atoms with van der Waals surface area (Å²) in [5.74, 6) is 3.21. The van der Waals surface area contributed by atoms with Crippen LogP contribution in [0.25, 0.3) is 0 Å². The van der Waals surface area contributed by atoms with Crippen molar-refractivity contribution in [2.75, 3.05) is 61.1 Å². The van der Waals surface area contributed by atoms with Crippen LogP contribution < -0.4 is 20.4 Å². The van der Waals surface area contributed by atoms with E-state index in [1.54, 1.807) is 0 Å². The molecule has 0 spiro atoms. The van der Waals surface area contributed by atoms with E-state index in [1.807, 2.05) is 12.1 Å². The summed E-state index contributed by atoms with van der Waals surface area (Å²) in [6, 6.07) is 10.3. The van der Waals surface area contributed by atoms with E-state index in [0.29, 0.717) is 23.5 Å². The second-order valence-corrected chi connectivity index (χ2v) is 11.4. The van der Waals surface area contributed by atoms with Gasteiger partial charge in [-0.2, -0.15) is 9.97 Å². The zero-order valence-corrected chi connectivity index (χ0v) is 22.7. The summed E-state index contributed by atoms with van der Waals surface area (Å²) < 4.78 is 5.68. The van der Waals surface area contributed by atoms with E-state index in [0.717, 1.165) is 68.9 Å². The SMILES string of the molecule is C[C@@H]1CCCN(c2cc(N3CCCC3)nc(NC(=S)NCC3(c4cccc(Cl)c4)CCOCC3)n2)C1. The summed E-state index contributed by atoms with van der Waals surface area (Å²) in [7, 11) is 0. The first-order valence-corrected chi connectivity index (χ1v) is 14.1. The molecule has 0 bridgehead atoms. The van der Waals surface area contributed by atoms with Gasteiger partial charge in [0.15, 0.2) is 5.11 Å². The maximum atomic E-state index is 6.34. The summed E-state index contributed by atoms with van der Waals surface area (Å²) in [6.07, 6.45) is 6.72. The Morgan fingerprint density at radius 2 is 1.81 bits per heavy atom. The Labute approximate surface area is 225 Å². The molecule has 0 amide bonds. The molecule has 5 rings (SSSR count). The van der Waals surface area contributed by atoms with Crippen LogP contribution >= 0.6 is 23.8 Å². The van der Waals surface area contributed by atoms with Crippen molar-refractivity contribution in [3.8, 4) is 0 Å². The second kappa shape index (κ2) is 11.5. The molecular weight excluding hydrogens is 492 g/mol. The molecule has 0 aliphatic carbocycles. The van der Waals surface area contributed by atoms with Gasteiger partial charge in [0.2, 0.25) is 5.95 Å². The summed E-state index contributed by atoms with van der Waals surface area (Å²) >= 11 is 12.1. The predicted octanol–water partition coefficient (Wildman–Crippen LogP) is 5.00. The van der Waals surface area contributed by atoms with Crippen molar-refractivity contribution in [2.45, 2.75) is 50.9 Å². The summed E-state index contributed by atoms with van der Waals surface area (Å²) in [4.78, 5) is 14.5. The number of halogens is 1. The number of nitrogens with one attached hydrogen (secondary N) is 2. The maximum absolute atomic E-state index is 6.34. The quantitative estimate of drug-likeness (QED) is 0.508. The monoisotopic (exact) mass is 528 g/mol. The maximum Gasteiger partial charge on any atom is 0.232 e. The molecule has 36 heavy (non-hydrogen) atoms. The molecule has 194 valence electrons. The third kappa shape index (κ3) is 6.03. The predicted molar refractivity (Wildman–Crippen MR) is 151 cm³/mol. The number of hydrogen-bond acceptors (Lipinski definition) is 6. The van der Waals surface area contributed by atoms with Crippen LogP contribution in [0.1, 0.15) is 51.0 Å². The minimum atomic E-state index is -0.0811. The number of thiocarbonyl (C=S) groups is 1. The number of ether oxygens (including phenoxy) is 1. The van der Waals surface area contributed by atoms with Gasteiger partial charge < -0.3 is 25.2 Å². The zero-order valence-electron chi connectivity index (χ0n) is 21.1. The van der Waals surface area contributed by atoms with Crippen molar-refractivity contribution in [3.63, 3.8) is 0 Å². The molecule has 3 aliphatic rings. The molecule has 3 fully saturated rings. The van der Waals surface area contributed by atoms with Crippen LogP contribution in [0, 0.1) is 5.92 Å². The van der Waals surface area contributed by atoms with Crippen LogP contribution in [0.5, 0.6) is 0 Å². The van der Waals surface area contributed by atoms with Gasteiger partial charge >= 0.3 is 0 Å². The van der Waals surface area contributed by atoms with Gasteiger partial charge in [-0.05, 0) is 74.4 Å². The molecule has 2 aromatic rings. The van der Waals surface area contributed by atoms with Crippen LogP contribution in [-0.4, -0.2) is 61.0 Å². The Kier molecular flexibility index (Phi) is 8.13. The number of hydrogen-bond donors (Lipinski definition) is 2. The number of benzene rings is 1. The number of nitrogens with zero attached hydrogens (tertiary/aromatic N) is 4. The highest BCUT2D eigenvalue weighted by molar-refractivity contribution is 7.80. The molecule has 2 N–H and O–H groups in total. The van der Waals surface area contributed by atoms with E-state index in [1.165, 1.54) is 31.2 Å². The van der Waals surface area contributed by atoms with Crippen LogP contribution in [0.3, 0.4) is 0 Å². The topological polar surface area (TPSA) is 65.5 Å². The fourth-order valence-electron chi connectivity index (χ4n) is 5.69. The molecule has 9 heteroatoms. The Bertz CT molecular complexity index is 1060. The Hall–Kier alpha value is -2.16. The highest BCUT2D eigenvalue weighted by Gasteiger charge is 2.35. The van der Waals surface area contributed by atoms with Crippen molar-refractivity contribution in [2.24, 2.45) is 5.92 Å². The van der Waals surface area contributed by atoms with Gasteiger partial charge in [-0.1, -0.05) is 30.7 Å². The van der Waals surface area contributed by atoms with Gasteiger partial charge in [-0.3, -0.25) is 0 Å². The standard InChI is InChI=1S/C27H37ClN6OS/c1-20-6-5-13-34(18-20)24-17-23(33-11-2-3-12-33)30-25(31-24)32-26(36)29-19-27(9-14-35-15-10-27)21-7-4-8-22(28)16-21/h4,7-8,16-17,20H,2-3,5-6,9-15,18-19H2,1H3,(H2,29,30,31,32,36)/t20-/m1/s1. The van der Waals surface area contributed by atoms with Crippen molar-refractivity contribution in [3.05, 3.63) is 40.9 Å². The van der Waals surface area contributed by atoms with E-state index in [2.05, 4.69) is 45.6 Å². The number of rotatable bonds is 6. The zero-order chi connectivity index (χ0) is 25.0. The lowest BCUT2D eigenvalue weighted by Gasteiger charge is -2.38. The molecule has 0 radical (unpaired) electrons. The van der Waals surface area contributed by atoms with Gasteiger partial charge in [0, 0.05) is 62.4 Å². The van der Waals surface area contributed by atoms with Crippen LogP contribution in [0.4, 0.5) is 17.6 Å². The number of aromatic nitrogens is 2. The van der Waals surface area contributed by atoms with E-state index < -0.39 is 0 Å². The lowest BCUT2D eigenvalue weighted by Crippen LogP contribution is -2.45. The van der Waals surface area contributed by atoms with Crippen LogP contribution in [-0.2, 0) is 10.2 Å². The van der Waals surface area contributed by atoms with E-state index >= 15 is 0 Å². The first-order valence-electron chi connectivity index (χ1n) is 13.3. The molecular formula is C27H37ClN6OS. The lowest BCUT2D eigenvalue weighted by molar-refractivity contribution is 0.0515. The molecule has 3 saturated heterocycles. The largest absolute Gasteiger partial charge is 0.381 e. The van der Waals surface area contributed by atoms with E-state index in [9.17, 15) is 0 Å². The minimum Gasteiger partial charge on any atom is -0.381 e. The van der Waals surface area contributed by atoms with Crippen LogP contribution in [0.2, 0.25) is 5.02 Å². The Morgan fingerprint density at radius 3 is 2.53 bits per heavy atom. The smallest absolute Gasteiger partial charge is 0.232 e. The van der Waals surface area contributed by atoms with Crippen molar-refractivity contribution < 1.29 is 4.74 Å². The Morgan fingerprint density at radius 1 is 1.08 bits per heavy atom. The van der Waals surface area contributed by atoms with Gasteiger partial charge in [-0.25, -0.2) is 0 Å². The Balaban J connectivity index is 1.32. The van der Waals surface area contributed by atoms with Crippen molar-refractivity contribution >= 4 is 46.5 Å². The molecule has 1 atom stereocenters. The summed E-state index contributed by atoms with van der Waals surface area (Å²) in [5.41, 5.74) is 1.14. The first kappa shape index (κ1) is 25.5. The van der Waals surface area contributed by atoms with Gasteiger partial charge in [-0.15, -0.1) is 0 Å². The summed E-state index contributed by atoms with van der Waals surface area (Å²) in [5, 5.41) is 8.07. The minimum absolute atomic E-state index is 0.0811. The van der Waals surface area contributed by atoms with Crippen molar-refractivity contribution in [1.29, 1.82) is 0 Å². The number of anilines is 3. The normalized spacial score (nSPS) is 21.9. The molecule has 1 aromatic heterocycles. The molecule has 1 aromatic carbocycles. The molecule has 7 nitrogen and oxygen atoms in total. The van der Waals surface area contributed by atoms with Gasteiger partial charge in [0.1, 0.15) is 11.6 Å². The average Bonchev–Trinajstić information content (AvgIpc) is 3.43. The van der Waals surface area contributed by atoms with Crippen molar-refractivity contribution in [1.82, 2.24) is 15.3 Å². The second-order valence-electron chi connectivity index (χ2n) is 10.5. The molecule has 0 unspecified atom stereocenters. The fraction of sp³-hybridized carbons (Fsp3) is 0.593. The molecule has 0 saturated carbocycles. The van der Waals surface area contributed by atoms with Gasteiger partial charge in [0.05, 0.1) is 0 Å². The third-order valence-corrected chi connectivity index (χ3v) is 8.29. The number of piperidine rings is 1.